The van der Waals surface area contributed by atoms with Crippen LogP contribution in [0.15, 0.2) is 48.7 Å². The average Bonchev–Trinajstić information content (AvgIpc) is 2.97. The smallest absolute Gasteiger partial charge is 0.250 e. The van der Waals surface area contributed by atoms with Crippen molar-refractivity contribution < 1.29 is 0 Å². The van der Waals surface area contributed by atoms with E-state index < -0.39 is 0 Å². The number of hydrogen-bond acceptors (Lipinski definition) is 2. The van der Waals surface area contributed by atoms with E-state index in [4.69, 9.17) is 6.57 Å². The lowest BCUT2D eigenvalue weighted by Gasteiger charge is -2.05. The van der Waals surface area contributed by atoms with Crippen LogP contribution in [0.4, 0.5) is 5.82 Å². The van der Waals surface area contributed by atoms with Crippen LogP contribution in [0, 0.1) is 13.5 Å². The Kier molecular flexibility index (Phi) is 3.02. The summed E-state index contributed by atoms with van der Waals surface area (Å²) in [5.41, 5.74) is 4.75. The summed E-state index contributed by atoms with van der Waals surface area (Å²) in [7, 11) is 0. The minimum absolute atomic E-state index is 0.424. The normalized spacial score (nSPS) is 10.2. The van der Waals surface area contributed by atoms with Crippen molar-refractivity contribution in [2.45, 2.75) is 6.92 Å². The first-order valence-corrected chi connectivity index (χ1v) is 6.23. The lowest BCUT2D eigenvalue weighted by Crippen LogP contribution is -1.90. The maximum absolute atomic E-state index is 6.95. The van der Waals surface area contributed by atoms with Crippen molar-refractivity contribution in [3.8, 4) is 22.5 Å². The lowest BCUT2D eigenvalue weighted by molar-refractivity contribution is 1.09. The molecule has 4 heteroatoms. The molecule has 2 heterocycles. The number of H-pyrrole nitrogens is 1. The second-order valence-electron chi connectivity index (χ2n) is 4.51. The number of aromatic amines is 1. The third kappa shape index (κ3) is 2.17. The van der Waals surface area contributed by atoms with E-state index in [1.165, 1.54) is 0 Å². The van der Waals surface area contributed by atoms with Crippen molar-refractivity contribution in [2.75, 3.05) is 0 Å². The Bertz CT molecular complexity index is 782. The van der Waals surface area contributed by atoms with E-state index in [1.807, 2.05) is 31.3 Å². The quantitative estimate of drug-likeness (QED) is 0.708. The third-order valence-corrected chi connectivity index (χ3v) is 3.11. The fraction of sp³-hybridized carbons (Fsp3) is 0.0625. The Labute approximate surface area is 116 Å². The van der Waals surface area contributed by atoms with Crippen LogP contribution >= 0.6 is 0 Å². The summed E-state index contributed by atoms with van der Waals surface area (Å²) >= 11 is 0. The third-order valence-electron chi connectivity index (χ3n) is 3.11. The molecule has 0 amide bonds. The van der Waals surface area contributed by atoms with E-state index >= 15 is 0 Å². The standard InChI is InChI=1S/C16H12N4/c1-11-8-13(12-6-4-3-5-7-12)10-18-16(11)14-9-15(17-2)20-19-14/h3-10H,1H3,(H,19,20). The number of aryl methyl sites for hydroxylation is 1. The number of nitrogens with one attached hydrogen (secondary N) is 1. The highest BCUT2D eigenvalue weighted by atomic mass is 15.2. The zero-order chi connectivity index (χ0) is 13.9. The van der Waals surface area contributed by atoms with E-state index in [0.29, 0.717) is 11.5 Å². The summed E-state index contributed by atoms with van der Waals surface area (Å²) in [4.78, 5) is 7.80. The fourth-order valence-corrected chi connectivity index (χ4v) is 2.12. The Morgan fingerprint density at radius 3 is 2.55 bits per heavy atom. The first-order valence-electron chi connectivity index (χ1n) is 6.23. The Hall–Kier alpha value is -2.93. The molecule has 0 bridgehead atoms. The van der Waals surface area contributed by atoms with Crippen molar-refractivity contribution in [1.29, 1.82) is 0 Å². The van der Waals surface area contributed by atoms with Gasteiger partial charge in [0.05, 0.1) is 5.69 Å². The summed E-state index contributed by atoms with van der Waals surface area (Å²) in [6.07, 6.45) is 1.84. The second-order valence-corrected chi connectivity index (χ2v) is 4.51. The molecule has 0 fully saturated rings. The summed E-state index contributed by atoms with van der Waals surface area (Å²) in [5, 5.41) is 6.80. The molecule has 0 radical (unpaired) electrons. The van der Waals surface area contributed by atoms with Gasteiger partial charge >= 0.3 is 0 Å². The topological polar surface area (TPSA) is 45.9 Å². The number of rotatable bonds is 2. The molecule has 1 aromatic carbocycles. The van der Waals surface area contributed by atoms with Gasteiger partial charge in [-0.15, -0.1) is 5.10 Å². The first-order chi connectivity index (χ1) is 9.78. The minimum Gasteiger partial charge on any atom is -0.362 e. The number of hydrogen-bond donors (Lipinski definition) is 1. The van der Waals surface area contributed by atoms with Crippen molar-refractivity contribution in [2.24, 2.45) is 0 Å². The molecule has 0 aliphatic carbocycles. The van der Waals surface area contributed by atoms with E-state index in [0.717, 1.165) is 22.4 Å². The maximum atomic E-state index is 6.95. The van der Waals surface area contributed by atoms with Gasteiger partial charge in [-0.1, -0.05) is 36.9 Å². The highest BCUT2D eigenvalue weighted by Crippen LogP contribution is 2.26. The van der Waals surface area contributed by atoms with Crippen LogP contribution in [-0.4, -0.2) is 15.2 Å². The molecule has 3 rings (SSSR count). The van der Waals surface area contributed by atoms with Gasteiger partial charge in [0.1, 0.15) is 5.69 Å². The molecule has 0 aliphatic heterocycles. The molecule has 20 heavy (non-hydrogen) atoms. The Balaban J connectivity index is 2.02. The van der Waals surface area contributed by atoms with E-state index in [-0.39, 0.29) is 0 Å². The molecule has 3 aromatic rings. The van der Waals surface area contributed by atoms with Crippen LogP contribution in [0.5, 0.6) is 0 Å². The van der Waals surface area contributed by atoms with Gasteiger partial charge in [0.2, 0.25) is 0 Å². The van der Waals surface area contributed by atoms with Gasteiger partial charge in [0, 0.05) is 11.8 Å². The molecular formula is C16H12N4. The highest BCUT2D eigenvalue weighted by Gasteiger charge is 2.10. The van der Waals surface area contributed by atoms with Crippen LogP contribution in [0.1, 0.15) is 5.56 Å². The number of pyridine rings is 1. The van der Waals surface area contributed by atoms with Crippen molar-refractivity contribution in [3.05, 3.63) is 65.6 Å². The molecule has 0 saturated carbocycles. The van der Waals surface area contributed by atoms with Gasteiger partial charge in [-0.05, 0) is 30.2 Å². The van der Waals surface area contributed by atoms with Gasteiger partial charge < -0.3 is 4.85 Å². The van der Waals surface area contributed by atoms with E-state index in [9.17, 15) is 0 Å². The Morgan fingerprint density at radius 1 is 1.10 bits per heavy atom. The second kappa shape index (κ2) is 4.98. The molecule has 2 aromatic heterocycles. The molecule has 0 spiro atoms. The van der Waals surface area contributed by atoms with Crippen molar-refractivity contribution in [1.82, 2.24) is 15.2 Å². The zero-order valence-electron chi connectivity index (χ0n) is 11.0. The van der Waals surface area contributed by atoms with Crippen LogP contribution in [-0.2, 0) is 0 Å². The van der Waals surface area contributed by atoms with Gasteiger partial charge in [-0.2, -0.15) is 0 Å². The summed E-state index contributed by atoms with van der Waals surface area (Å²) < 4.78 is 0. The molecule has 96 valence electrons. The fourth-order valence-electron chi connectivity index (χ4n) is 2.12. The zero-order valence-corrected chi connectivity index (χ0v) is 11.0. The van der Waals surface area contributed by atoms with Crippen molar-refractivity contribution in [3.63, 3.8) is 0 Å². The molecule has 0 atom stereocenters. The maximum Gasteiger partial charge on any atom is 0.250 e. The first kappa shape index (κ1) is 12.1. The number of aromatic nitrogens is 3. The van der Waals surface area contributed by atoms with Gasteiger partial charge in [-0.3, -0.25) is 4.98 Å². The van der Waals surface area contributed by atoms with Gasteiger partial charge in [0.15, 0.2) is 0 Å². The SMILES string of the molecule is [C-]#[N+]c1cc(-c2ncc(-c3ccccc3)cc2C)n[nH]1. The van der Waals surface area contributed by atoms with Crippen molar-refractivity contribution >= 4 is 5.82 Å². The number of benzene rings is 1. The molecule has 4 nitrogen and oxygen atoms in total. The largest absolute Gasteiger partial charge is 0.362 e. The van der Waals surface area contributed by atoms with Crippen LogP contribution in [0.2, 0.25) is 0 Å². The monoisotopic (exact) mass is 260 g/mol. The Morgan fingerprint density at radius 2 is 1.90 bits per heavy atom. The molecule has 1 N–H and O–H groups in total. The summed E-state index contributed by atoms with van der Waals surface area (Å²) in [6, 6.07) is 13.9. The molecule has 0 saturated heterocycles. The summed E-state index contributed by atoms with van der Waals surface area (Å²) in [6.45, 7) is 8.95. The molecular weight excluding hydrogens is 248 g/mol. The average molecular weight is 260 g/mol. The predicted molar refractivity (Wildman–Crippen MR) is 78.3 cm³/mol. The summed E-state index contributed by atoms with van der Waals surface area (Å²) in [5.74, 6) is 0.424. The van der Waals surface area contributed by atoms with Crippen LogP contribution in [0.3, 0.4) is 0 Å². The molecule has 0 aliphatic rings. The van der Waals surface area contributed by atoms with E-state index in [1.54, 1.807) is 6.07 Å². The van der Waals surface area contributed by atoms with Crippen LogP contribution < -0.4 is 0 Å². The predicted octanol–water partition coefficient (Wildman–Crippen LogP) is 4.00. The van der Waals surface area contributed by atoms with Crippen LogP contribution in [0.25, 0.3) is 27.4 Å². The minimum atomic E-state index is 0.424. The number of nitrogens with zero attached hydrogens (tertiary/aromatic N) is 3. The highest BCUT2D eigenvalue weighted by molar-refractivity contribution is 5.69. The molecule has 0 unspecified atom stereocenters. The van der Waals surface area contributed by atoms with E-state index in [2.05, 4.69) is 38.2 Å². The van der Waals surface area contributed by atoms with Gasteiger partial charge in [0.25, 0.3) is 5.82 Å². The van der Waals surface area contributed by atoms with Gasteiger partial charge in [-0.25, -0.2) is 5.10 Å². The lowest BCUT2D eigenvalue weighted by atomic mass is 10.0.